The molecule has 2 amide bonds. The van der Waals surface area contributed by atoms with E-state index in [1.54, 1.807) is 19.2 Å². The van der Waals surface area contributed by atoms with Crippen molar-refractivity contribution < 1.29 is 14.3 Å². The summed E-state index contributed by atoms with van der Waals surface area (Å²) in [4.78, 5) is 23.7. The van der Waals surface area contributed by atoms with Crippen LogP contribution in [0.25, 0.3) is 0 Å². The predicted octanol–water partition coefficient (Wildman–Crippen LogP) is 3.18. The highest BCUT2D eigenvalue weighted by Crippen LogP contribution is 2.14. The molecule has 6 nitrogen and oxygen atoms in total. The number of hydrogen-bond acceptors (Lipinski definition) is 4. The van der Waals surface area contributed by atoms with Gasteiger partial charge in [0.05, 0.1) is 13.3 Å². The molecule has 2 N–H and O–H groups in total. The molecular weight excluding hydrogens is 330 g/mol. The maximum absolute atomic E-state index is 11.9. The Balaban J connectivity index is 1.74. The summed E-state index contributed by atoms with van der Waals surface area (Å²) in [5, 5.41) is 6.67. The Kier molecular flexibility index (Phi) is 6.91. The van der Waals surface area contributed by atoms with E-state index in [1.165, 1.54) is 6.21 Å². The number of aryl methyl sites for hydroxylation is 2. The number of hydrazone groups is 1. The first kappa shape index (κ1) is 19.2. The summed E-state index contributed by atoms with van der Waals surface area (Å²) in [5.74, 6) is 0.230. The van der Waals surface area contributed by atoms with Gasteiger partial charge in [-0.3, -0.25) is 9.59 Å². The Bertz CT molecular complexity index is 798. The number of ether oxygens (including phenoxy) is 1. The lowest BCUT2D eigenvalue weighted by atomic mass is 10.1. The number of nitrogens with zero attached hydrogens (tertiary/aromatic N) is 1. The van der Waals surface area contributed by atoms with Gasteiger partial charge < -0.3 is 10.1 Å². The van der Waals surface area contributed by atoms with Gasteiger partial charge in [0.1, 0.15) is 5.75 Å². The lowest BCUT2D eigenvalue weighted by Gasteiger charge is -2.07. The highest BCUT2D eigenvalue weighted by Gasteiger charge is 2.07. The normalized spacial score (nSPS) is 10.6. The molecule has 0 bridgehead atoms. The second-order valence-corrected chi connectivity index (χ2v) is 5.91. The molecule has 2 aromatic carbocycles. The second kappa shape index (κ2) is 9.36. The van der Waals surface area contributed by atoms with Crippen molar-refractivity contribution in [2.24, 2.45) is 5.10 Å². The summed E-state index contributed by atoms with van der Waals surface area (Å²) in [6.45, 7) is 4.00. The first-order valence-corrected chi connectivity index (χ1v) is 8.31. The molecule has 0 atom stereocenters. The van der Waals surface area contributed by atoms with E-state index in [1.807, 2.05) is 44.2 Å². The van der Waals surface area contributed by atoms with Crippen molar-refractivity contribution >= 4 is 23.7 Å². The van der Waals surface area contributed by atoms with Gasteiger partial charge in [-0.1, -0.05) is 6.07 Å². The molecule has 0 saturated carbocycles. The second-order valence-electron chi connectivity index (χ2n) is 5.91. The van der Waals surface area contributed by atoms with Crippen molar-refractivity contribution in [2.45, 2.75) is 26.7 Å². The zero-order valence-corrected chi connectivity index (χ0v) is 15.2. The van der Waals surface area contributed by atoms with E-state index in [2.05, 4.69) is 15.8 Å². The average molecular weight is 353 g/mol. The van der Waals surface area contributed by atoms with Crippen LogP contribution in [0.15, 0.2) is 47.6 Å². The molecule has 0 spiro atoms. The van der Waals surface area contributed by atoms with Crippen LogP contribution in [0.1, 0.15) is 29.5 Å². The molecule has 26 heavy (non-hydrogen) atoms. The topological polar surface area (TPSA) is 79.8 Å². The smallest absolute Gasteiger partial charge is 0.240 e. The average Bonchev–Trinajstić information content (AvgIpc) is 2.63. The van der Waals surface area contributed by atoms with Crippen LogP contribution in [0.5, 0.6) is 5.75 Å². The number of methoxy groups -OCH3 is 1. The molecule has 0 saturated heterocycles. The minimum atomic E-state index is -0.315. The highest BCUT2D eigenvalue weighted by atomic mass is 16.5. The zero-order valence-electron chi connectivity index (χ0n) is 15.2. The number of amides is 2. The van der Waals surface area contributed by atoms with Gasteiger partial charge in [-0.15, -0.1) is 0 Å². The fourth-order valence-corrected chi connectivity index (χ4v) is 2.19. The van der Waals surface area contributed by atoms with Gasteiger partial charge in [0.15, 0.2) is 0 Å². The van der Waals surface area contributed by atoms with E-state index < -0.39 is 0 Å². The van der Waals surface area contributed by atoms with Crippen LogP contribution in [-0.4, -0.2) is 25.1 Å². The first-order valence-electron chi connectivity index (χ1n) is 8.31. The zero-order chi connectivity index (χ0) is 18.9. The molecule has 0 aromatic heterocycles. The van der Waals surface area contributed by atoms with Gasteiger partial charge in [-0.05, 0) is 66.9 Å². The third-order valence-corrected chi connectivity index (χ3v) is 3.89. The summed E-state index contributed by atoms with van der Waals surface area (Å²) in [6.07, 6.45) is 1.69. The molecule has 0 aliphatic carbocycles. The predicted molar refractivity (Wildman–Crippen MR) is 103 cm³/mol. The summed E-state index contributed by atoms with van der Waals surface area (Å²) in [7, 11) is 1.60. The Labute approximate surface area is 153 Å². The summed E-state index contributed by atoms with van der Waals surface area (Å²) >= 11 is 0. The number of carbonyl (C=O) groups is 2. The van der Waals surface area contributed by atoms with Crippen LogP contribution < -0.4 is 15.5 Å². The quantitative estimate of drug-likeness (QED) is 0.593. The van der Waals surface area contributed by atoms with Gasteiger partial charge in [-0.2, -0.15) is 5.10 Å². The lowest BCUT2D eigenvalue weighted by Crippen LogP contribution is -2.20. The number of rotatable bonds is 7. The first-order chi connectivity index (χ1) is 12.5. The van der Waals surface area contributed by atoms with Crippen molar-refractivity contribution in [1.29, 1.82) is 0 Å². The van der Waals surface area contributed by atoms with Crippen LogP contribution in [0, 0.1) is 13.8 Å². The van der Waals surface area contributed by atoms with Crippen LogP contribution in [0.2, 0.25) is 0 Å². The number of carbonyl (C=O) groups excluding carboxylic acids is 2. The largest absolute Gasteiger partial charge is 0.497 e. The van der Waals surface area contributed by atoms with Crippen molar-refractivity contribution in [3.63, 3.8) is 0 Å². The molecule has 0 fully saturated rings. The van der Waals surface area contributed by atoms with Crippen LogP contribution in [0.4, 0.5) is 5.69 Å². The van der Waals surface area contributed by atoms with Crippen LogP contribution in [0.3, 0.4) is 0 Å². The Morgan fingerprint density at radius 1 is 1.00 bits per heavy atom. The van der Waals surface area contributed by atoms with Crippen molar-refractivity contribution in [1.82, 2.24) is 5.43 Å². The summed E-state index contributed by atoms with van der Waals surface area (Å²) in [5.41, 5.74) is 6.25. The number of hydrogen-bond donors (Lipinski definition) is 2. The molecule has 2 aromatic rings. The molecule has 6 heteroatoms. The third kappa shape index (κ3) is 6.05. The third-order valence-electron chi connectivity index (χ3n) is 3.89. The molecule has 0 unspecified atom stereocenters. The Morgan fingerprint density at radius 3 is 2.35 bits per heavy atom. The van der Waals surface area contributed by atoms with Gasteiger partial charge in [-0.25, -0.2) is 5.43 Å². The SMILES string of the molecule is COc1ccc(C=NNC(=O)CCC(=O)Nc2ccc(C)c(C)c2)cc1. The summed E-state index contributed by atoms with van der Waals surface area (Å²) in [6, 6.07) is 13.0. The van der Waals surface area contributed by atoms with Crippen molar-refractivity contribution in [3.05, 3.63) is 59.2 Å². The van der Waals surface area contributed by atoms with Crippen LogP contribution in [-0.2, 0) is 9.59 Å². The van der Waals surface area contributed by atoms with Gasteiger partial charge in [0.25, 0.3) is 0 Å². The van der Waals surface area contributed by atoms with E-state index in [-0.39, 0.29) is 24.7 Å². The van der Waals surface area contributed by atoms with Crippen molar-refractivity contribution in [2.75, 3.05) is 12.4 Å². The summed E-state index contributed by atoms with van der Waals surface area (Å²) < 4.78 is 5.07. The van der Waals surface area contributed by atoms with Gasteiger partial charge in [0.2, 0.25) is 11.8 Å². The fourth-order valence-electron chi connectivity index (χ4n) is 2.19. The van der Waals surface area contributed by atoms with Crippen molar-refractivity contribution in [3.8, 4) is 5.75 Å². The van der Waals surface area contributed by atoms with E-state index in [9.17, 15) is 9.59 Å². The van der Waals surface area contributed by atoms with E-state index in [0.717, 1.165) is 28.1 Å². The minimum absolute atomic E-state index is 0.0661. The monoisotopic (exact) mass is 353 g/mol. The molecule has 136 valence electrons. The number of nitrogens with one attached hydrogen (secondary N) is 2. The van der Waals surface area contributed by atoms with E-state index in [0.29, 0.717) is 0 Å². The molecule has 0 aliphatic heterocycles. The fraction of sp³-hybridized carbons (Fsp3) is 0.250. The van der Waals surface area contributed by atoms with E-state index >= 15 is 0 Å². The maximum atomic E-state index is 11.9. The molecule has 2 rings (SSSR count). The Morgan fingerprint density at radius 2 is 1.69 bits per heavy atom. The standard InChI is InChI=1S/C20H23N3O3/c1-14-4-7-17(12-15(14)2)22-19(24)10-11-20(25)23-21-13-16-5-8-18(26-3)9-6-16/h4-9,12-13H,10-11H2,1-3H3,(H,22,24)(H,23,25). The number of benzene rings is 2. The highest BCUT2D eigenvalue weighted by molar-refractivity contribution is 5.93. The molecule has 0 heterocycles. The molecule has 0 aliphatic rings. The minimum Gasteiger partial charge on any atom is -0.497 e. The lowest BCUT2D eigenvalue weighted by molar-refractivity contribution is -0.124. The van der Waals surface area contributed by atoms with E-state index in [4.69, 9.17) is 4.74 Å². The molecule has 0 radical (unpaired) electrons. The Hall–Kier alpha value is -3.15. The van der Waals surface area contributed by atoms with Gasteiger partial charge in [0, 0.05) is 18.5 Å². The molecular formula is C20H23N3O3. The van der Waals surface area contributed by atoms with Crippen LogP contribution >= 0.6 is 0 Å². The number of anilines is 1. The van der Waals surface area contributed by atoms with Gasteiger partial charge >= 0.3 is 0 Å². The maximum Gasteiger partial charge on any atom is 0.240 e.